The molecule has 0 saturated heterocycles. The molecular weight excluding hydrogens is 431 g/mol. The zero-order valence-electron chi connectivity index (χ0n) is 14.6. The van der Waals surface area contributed by atoms with E-state index in [1.54, 1.807) is 42.5 Å². The van der Waals surface area contributed by atoms with Crippen LogP contribution < -0.4 is 0 Å². The highest BCUT2D eigenvalue weighted by molar-refractivity contribution is 9.09. The molecule has 0 aliphatic rings. The number of rotatable bonds is 4. The molecule has 0 spiro atoms. The number of hydrogen-bond acceptors (Lipinski definition) is 2. The SMILES string of the molecule is FC(F)(F)c1cc(-c2nc3cc(CCBr)ccc3o2)ccc1-c1ccccc1. The van der Waals surface area contributed by atoms with Crippen molar-refractivity contribution < 1.29 is 17.6 Å². The lowest BCUT2D eigenvalue weighted by atomic mass is 9.97. The molecule has 1 heterocycles. The van der Waals surface area contributed by atoms with Crippen LogP contribution in [-0.2, 0) is 12.6 Å². The standard InChI is InChI=1S/C22H15BrF3NO/c23-11-10-14-6-9-20-19(12-14)27-21(28-20)16-7-8-17(15-4-2-1-3-5-15)18(13-16)22(24,25)26/h1-9,12-13H,10-11H2. The lowest BCUT2D eigenvalue weighted by Crippen LogP contribution is -2.07. The molecular formula is C22H15BrF3NO. The summed E-state index contributed by atoms with van der Waals surface area (Å²) in [5, 5.41) is 0.819. The first-order valence-electron chi connectivity index (χ1n) is 8.68. The third kappa shape index (κ3) is 3.69. The Morgan fingerprint density at radius 2 is 1.68 bits per heavy atom. The lowest BCUT2D eigenvalue weighted by molar-refractivity contribution is -0.137. The summed E-state index contributed by atoms with van der Waals surface area (Å²) in [6, 6.07) is 18.3. The summed E-state index contributed by atoms with van der Waals surface area (Å²) in [7, 11) is 0. The zero-order chi connectivity index (χ0) is 19.7. The van der Waals surface area contributed by atoms with Gasteiger partial charge in [-0.3, -0.25) is 0 Å². The van der Waals surface area contributed by atoms with E-state index in [1.165, 1.54) is 6.07 Å². The highest BCUT2D eigenvalue weighted by Crippen LogP contribution is 2.39. The van der Waals surface area contributed by atoms with Gasteiger partial charge in [-0.25, -0.2) is 4.98 Å². The van der Waals surface area contributed by atoms with Crippen LogP contribution in [-0.4, -0.2) is 10.3 Å². The second kappa shape index (κ2) is 7.43. The largest absolute Gasteiger partial charge is 0.436 e. The van der Waals surface area contributed by atoms with Crippen molar-refractivity contribution in [1.82, 2.24) is 4.98 Å². The summed E-state index contributed by atoms with van der Waals surface area (Å²) in [6.45, 7) is 0. The van der Waals surface area contributed by atoms with Crippen molar-refractivity contribution in [1.29, 1.82) is 0 Å². The molecule has 6 heteroatoms. The predicted molar refractivity (Wildman–Crippen MR) is 107 cm³/mol. The smallest absolute Gasteiger partial charge is 0.417 e. The second-order valence-electron chi connectivity index (χ2n) is 6.38. The summed E-state index contributed by atoms with van der Waals surface area (Å²) in [5.41, 5.74) is 2.50. The van der Waals surface area contributed by atoms with Crippen LogP contribution in [0.3, 0.4) is 0 Å². The second-order valence-corrected chi connectivity index (χ2v) is 7.18. The number of fused-ring (bicyclic) bond motifs is 1. The van der Waals surface area contributed by atoms with Crippen LogP contribution in [0.25, 0.3) is 33.7 Å². The van der Waals surface area contributed by atoms with E-state index in [0.29, 0.717) is 22.2 Å². The molecule has 0 N–H and O–H groups in total. The number of halogens is 4. The molecule has 0 atom stereocenters. The Balaban J connectivity index is 1.81. The molecule has 3 aromatic carbocycles. The number of benzene rings is 3. The van der Waals surface area contributed by atoms with E-state index in [9.17, 15) is 13.2 Å². The molecule has 0 aliphatic heterocycles. The minimum Gasteiger partial charge on any atom is -0.436 e. The molecule has 0 unspecified atom stereocenters. The Morgan fingerprint density at radius 3 is 2.39 bits per heavy atom. The van der Waals surface area contributed by atoms with Gasteiger partial charge in [0, 0.05) is 10.9 Å². The fourth-order valence-electron chi connectivity index (χ4n) is 3.14. The van der Waals surface area contributed by atoms with Crippen molar-refractivity contribution in [2.45, 2.75) is 12.6 Å². The van der Waals surface area contributed by atoms with Crippen LogP contribution in [0.5, 0.6) is 0 Å². The lowest BCUT2D eigenvalue weighted by Gasteiger charge is -2.14. The topological polar surface area (TPSA) is 26.0 Å². The van der Waals surface area contributed by atoms with Crippen molar-refractivity contribution in [3.8, 4) is 22.6 Å². The molecule has 0 radical (unpaired) electrons. The maximum atomic E-state index is 13.7. The highest BCUT2D eigenvalue weighted by Gasteiger charge is 2.34. The van der Waals surface area contributed by atoms with Crippen LogP contribution in [0.15, 0.2) is 71.1 Å². The molecule has 4 rings (SSSR count). The van der Waals surface area contributed by atoms with E-state index in [1.807, 2.05) is 12.1 Å². The van der Waals surface area contributed by atoms with Gasteiger partial charge >= 0.3 is 6.18 Å². The molecule has 2 nitrogen and oxygen atoms in total. The average molecular weight is 446 g/mol. The Hall–Kier alpha value is -2.60. The number of nitrogens with zero attached hydrogens (tertiary/aromatic N) is 1. The minimum absolute atomic E-state index is 0.132. The summed E-state index contributed by atoms with van der Waals surface area (Å²) >= 11 is 3.39. The van der Waals surface area contributed by atoms with Gasteiger partial charge in [-0.1, -0.05) is 58.4 Å². The fourth-order valence-corrected chi connectivity index (χ4v) is 3.60. The molecule has 0 fully saturated rings. The van der Waals surface area contributed by atoms with Crippen molar-refractivity contribution in [2.75, 3.05) is 5.33 Å². The third-order valence-electron chi connectivity index (χ3n) is 4.49. The maximum absolute atomic E-state index is 13.7. The van der Waals surface area contributed by atoms with Crippen molar-refractivity contribution >= 4 is 27.0 Å². The van der Waals surface area contributed by atoms with E-state index >= 15 is 0 Å². The van der Waals surface area contributed by atoms with Crippen LogP contribution in [0, 0.1) is 0 Å². The number of alkyl halides is 4. The maximum Gasteiger partial charge on any atom is 0.417 e. The number of oxazole rings is 1. The Kier molecular flexibility index (Phi) is 4.98. The van der Waals surface area contributed by atoms with Gasteiger partial charge in [-0.2, -0.15) is 13.2 Å². The molecule has 28 heavy (non-hydrogen) atoms. The molecule has 1 aromatic heterocycles. The van der Waals surface area contributed by atoms with Gasteiger partial charge in [0.25, 0.3) is 0 Å². The molecule has 0 bridgehead atoms. The predicted octanol–water partition coefficient (Wildman–Crippen LogP) is 7.12. The monoisotopic (exact) mass is 445 g/mol. The zero-order valence-corrected chi connectivity index (χ0v) is 16.2. The van der Waals surface area contributed by atoms with Crippen LogP contribution in [0.1, 0.15) is 11.1 Å². The first-order chi connectivity index (χ1) is 13.5. The fraction of sp³-hybridized carbons (Fsp3) is 0.136. The summed E-state index contributed by atoms with van der Waals surface area (Å²) in [6.07, 6.45) is -3.65. The normalized spacial score (nSPS) is 11.9. The van der Waals surface area contributed by atoms with E-state index in [4.69, 9.17) is 4.42 Å². The Morgan fingerprint density at radius 1 is 0.893 bits per heavy atom. The van der Waals surface area contributed by atoms with E-state index < -0.39 is 11.7 Å². The van der Waals surface area contributed by atoms with Crippen molar-refractivity contribution in [2.24, 2.45) is 0 Å². The van der Waals surface area contributed by atoms with Crippen molar-refractivity contribution in [3.63, 3.8) is 0 Å². The summed E-state index contributed by atoms with van der Waals surface area (Å²) < 4.78 is 46.9. The molecule has 0 saturated carbocycles. The first kappa shape index (κ1) is 18.7. The Labute approximate surface area is 168 Å². The number of aromatic nitrogens is 1. The molecule has 4 aromatic rings. The van der Waals surface area contributed by atoms with E-state index in [0.717, 1.165) is 23.4 Å². The third-order valence-corrected chi connectivity index (χ3v) is 4.89. The quantitative estimate of drug-likeness (QED) is 0.312. The molecule has 0 amide bonds. The van der Waals surface area contributed by atoms with E-state index in [-0.39, 0.29) is 11.5 Å². The van der Waals surface area contributed by atoms with Gasteiger partial charge < -0.3 is 4.42 Å². The van der Waals surface area contributed by atoms with Gasteiger partial charge in [0.05, 0.1) is 5.56 Å². The van der Waals surface area contributed by atoms with Crippen LogP contribution in [0.2, 0.25) is 0 Å². The first-order valence-corrected chi connectivity index (χ1v) is 9.80. The van der Waals surface area contributed by atoms with E-state index in [2.05, 4.69) is 20.9 Å². The van der Waals surface area contributed by atoms with Gasteiger partial charge in [-0.15, -0.1) is 0 Å². The summed E-state index contributed by atoms with van der Waals surface area (Å²) in [5.74, 6) is 0.177. The number of hydrogen-bond donors (Lipinski definition) is 0. The minimum atomic E-state index is -4.49. The molecule has 0 aliphatic carbocycles. The highest BCUT2D eigenvalue weighted by atomic mass is 79.9. The molecule has 142 valence electrons. The van der Waals surface area contributed by atoms with Gasteiger partial charge in [0.1, 0.15) is 5.52 Å². The van der Waals surface area contributed by atoms with Gasteiger partial charge in [0.2, 0.25) is 5.89 Å². The summed E-state index contributed by atoms with van der Waals surface area (Å²) in [4.78, 5) is 4.40. The van der Waals surface area contributed by atoms with Crippen molar-refractivity contribution in [3.05, 3.63) is 77.9 Å². The van der Waals surface area contributed by atoms with Crippen LogP contribution in [0.4, 0.5) is 13.2 Å². The number of aryl methyl sites for hydroxylation is 1. The van der Waals surface area contributed by atoms with Gasteiger partial charge in [0.15, 0.2) is 5.58 Å². The Bertz CT molecular complexity index is 1120. The average Bonchev–Trinajstić information content (AvgIpc) is 3.11. The van der Waals surface area contributed by atoms with Crippen LogP contribution >= 0.6 is 15.9 Å². The van der Waals surface area contributed by atoms with Gasteiger partial charge in [-0.05, 0) is 47.4 Å².